The van der Waals surface area contributed by atoms with Gasteiger partial charge in [-0.25, -0.2) is 9.37 Å². The van der Waals surface area contributed by atoms with Crippen molar-refractivity contribution in [1.82, 2.24) is 9.55 Å². The van der Waals surface area contributed by atoms with E-state index < -0.39 is 0 Å². The van der Waals surface area contributed by atoms with E-state index in [1.165, 1.54) is 36.0 Å². The maximum Gasteiger partial charge on any atom is 0.173 e. The van der Waals surface area contributed by atoms with Crippen molar-refractivity contribution in [3.8, 4) is 0 Å². The summed E-state index contributed by atoms with van der Waals surface area (Å²) in [4.78, 5) is 16.9. The Kier molecular flexibility index (Phi) is 5.73. The third-order valence-corrected chi connectivity index (χ3v) is 4.90. The summed E-state index contributed by atoms with van der Waals surface area (Å²) in [6, 6.07) is 11.1. The van der Waals surface area contributed by atoms with Crippen molar-refractivity contribution < 1.29 is 13.9 Å². The molecule has 0 radical (unpaired) electrons. The first-order chi connectivity index (χ1) is 12.1. The van der Waals surface area contributed by atoms with Gasteiger partial charge in [-0.15, -0.1) is 0 Å². The Morgan fingerprint density at radius 3 is 2.76 bits per heavy atom. The maximum absolute atomic E-state index is 13.0. The lowest BCUT2D eigenvalue weighted by molar-refractivity contribution is 0.102. The zero-order chi connectivity index (χ0) is 17.8. The van der Waals surface area contributed by atoms with Crippen molar-refractivity contribution >= 4 is 40.2 Å². The number of thioether (sulfide) groups is 1. The minimum absolute atomic E-state index is 0.0756. The van der Waals surface area contributed by atoms with Crippen LogP contribution in [0.15, 0.2) is 47.6 Å². The van der Waals surface area contributed by atoms with Crippen molar-refractivity contribution in [2.45, 2.75) is 11.7 Å². The van der Waals surface area contributed by atoms with Gasteiger partial charge >= 0.3 is 0 Å². The van der Waals surface area contributed by atoms with Crippen LogP contribution < -0.4 is 0 Å². The monoisotopic (exact) mass is 378 g/mol. The van der Waals surface area contributed by atoms with E-state index in [1.807, 2.05) is 16.7 Å². The van der Waals surface area contributed by atoms with Crippen LogP contribution in [0.25, 0.3) is 11.0 Å². The average Bonchev–Trinajstić information content (AvgIpc) is 2.95. The number of fused-ring (bicyclic) bond motifs is 1. The number of ether oxygens (including phenoxy) is 1. The molecule has 0 amide bonds. The quantitative estimate of drug-likeness (QED) is 0.450. The third kappa shape index (κ3) is 4.21. The summed E-state index contributed by atoms with van der Waals surface area (Å²) in [5.74, 6) is -0.217. The van der Waals surface area contributed by atoms with Crippen molar-refractivity contribution in [1.29, 1.82) is 0 Å². The van der Waals surface area contributed by atoms with Crippen LogP contribution in [0.2, 0.25) is 5.02 Å². The molecular formula is C18H16ClFN2O2S. The number of Topliss-reactive ketones (excluding diaryl/α,β-unsaturated/α-hetero) is 1. The van der Waals surface area contributed by atoms with Gasteiger partial charge in [0, 0.05) is 24.2 Å². The summed E-state index contributed by atoms with van der Waals surface area (Å²) >= 11 is 7.39. The van der Waals surface area contributed by atoms with E-state index in [-0.39, 0.29) is 17.4 Å². The summed E-state index contributed by atoms with van der Waals surface area (Å²) in [5.41, 5.74) is 2.20. The van der Waals surface area contributed by atoms with Gasteiger partial charge in [-0.1, -0.05) is 23.4 Å². The SMILES string of the molecule is COCCn1c(SCC(=O)c2ccc(F)cc2)nc2cc(Cl)ccc21. The van der Waals surface area contributed by atoms with E-state index in [0.717, 1.165) is 16.2 Å². The zero-order valence-electron chi connectivity index (χ0n) is 13.5. The molecule has 0 saturated carbocycles. The Balaban J connectivity index is 1.82. The fourth-order valence-corrected chi connectivity index (χ4v) is 3.54. The van der Waals surface area contributed by atoms with Crippen LogP contribution in [0.1, 0.15) is 10.4 Å². The van der Waals surface area contributed by atoms with E-state index in [4.69, 9.17) is 16.3 Å². The second-order valence-corrected chi connectivity index (χ2v) is 6.77. The summed E-state index contributed by atoms with van der Waals surface area (Å²) < 4.78 is 20.1. The molecule has 3 rings (SSSR count). The highest BCUT2D eigenvalue weighted by molar-refractivity contribution is 7.99. The van der Waals surface area contributed by atoms with E-state index in [0.29, 0.717) is 23.7 Å². The Labute approximate surface area is 154 Å². The third-order valence-electron chi connectivity index (χ3n) is 3.69. The molecule has 7 heteroatoms. The number of hydrogen-bond acceptors (Lipinski definition) is 4. The molecule has 1 heterocycles. The minimum atomic E-state index is -0.359. The molecule has 0 aliphatic rings. The number of carbonyl (C=O) groups is 1. The molecule has 0 atom stereocenters. The lowest BCUT2D eigenvalue weighted by Gasteiger charge is -2.08. The second kappa shape index (κ2) is 7.99. The fraction of sp³-hybridized carbons (Fsp3) is 0.222. The molecule has 130 valence electrons. The largest absolute Gasteiger partial charge is 0.383 e. The number of carbonyl (C=O) groups excluding carboxylic acids is 1. The van der Waals surface area contributed by atoms with Crippen molar-refractivity contribution in [2.24, 2.45) is 0 Å². The molecule has 0 unspecified atom stereocenters. The number of aromatic nitrogens is 2. The molecule has 2 aromatic carbocycles. The smallest absolute Gasteiger partial charge is 0.173 e. The van der Waals surface area contributed by atoms with Crippen LogP contribution in [-0.2, 0) is 11.3 Å². The highest BCUT2D eigenvalue weighted by Crippen LogP contribution is 2.26. The average molecular weight is 379 g/mol. The predicted molar refractivity (Wildman–Crippen MR) is 98.1 cm³/mol. The Bertz CT molecular complexity index is 896. The molecule has 3 aromatic rings. The number of benzene rings is 2. The van der Waals surface area contributed by atoms with E-state index in [2.05, 4.69) is 4.98 Å². The van der Waals surface area contributed by atoms with Crippen molar-refractivity contribution in [3.63, 3.8) is 0 Å². The van der Waals surface area contributed by atoms with Gasteiger partial charge in [0.1, 0.15) is 5.82 Å². The fourth-order valence-electron chi connectivity index (χ4n) is 2.44. The Morgan fingerprint density at radius 1 is 1.28 bits per heavy atom. The molecule has 0 aliphatic heterocycles. The highest BCUT2D eigenvalue weighted by atomic mass is 35.5. The van der Waals surface area contributed by atoms with Crippen LogP contribution in [0.3, 0.4) is 0 Å². The summed E-state index contributed by atoms with van der Waals surface area (Å²) in [6.45, 7) is 1.16. The summed E-state index contributed by atoms with van der Waals surface area (Å²) in [5, 5.41) is 1.34. The number of imidazole rings is 1. The first-order valence-electron chi connectivity index (χ1n) is 7.65. The normalized spacial score (nSPS) is 11.2. The molecular weight excluding hydrogens is 363 g/mol. The van der Waals surface area contributed by atoms with Crippen LogP contribution in [0.4, 0.5) is 4.39 Å². The molecule has 25 heavy (non-hydrogen) atoms. The van der Waals surface area contributed by atoms with E-state index in [9.17, 15) is 9.18 Å². The Hall–Kier alpha value is -1.89. The van der Waals surface area contributed by atoms with Gasteiger partial charge in [-0.3, -0.25) is 4.79 Å². The first kappa shape index (κ1) is 17.9. The zero-order valence-corrected chi connectivity index (χ0v) is 15.1. The molecule has 0 fully saturated rings. The standard InChI is InChI=1S/C18H16ClFN2O2S/c1-24-9-8-22-16-7-4-13(19)10-15(16)21-18(22)25-11-17(23)12-2-5-14(20)6-3-12/h2-7,10H,8-9,11H2,1H3. The van der Waals surface area contributed by atoms with Crippen molar-refractivity contribution in [2.75, 3.05) is 19.5 Å². The molecule has 0 spiro atoms. The highest BCUT2D eigenvalue weighted by Gasteiger charge is 2.14. The Morgan fingerprint density at radius 2 is 2.04 bits per heavy atom. The molecule has 4 nitrogen and oxygen atoms in total. The molecule has 0 saturated heterocycles. The van der Waals surface area contributed by atoms with Gasteiger partial charge < -0.3 is 9.30 Å². The first-order valence-corrected chi connectivity index (χ1v) is 9.01. The van der Waals surface area contributed by atoms with E-state index in [1.54, 1.807) is 13.2 Å². The lowest BCUT2D eigenvalue weighted by Crippen LogP contribution is -2.08. The van der Waals surface area contributed by atoms with Gasteiger partial charge in [0.2, 0.25) is 0 Å². The molecule has 1 aromatic heterocycles. The van der Waals surface area contributed by atoms with Gasteiger partial charge in [0.25, 0.3) is 0 Å². The van der Waals surface area contributed by atoms with Crippen LogP contribution in [0, 0.1) is 5.82 Å². The minimum Gasteiger partial charge on any atom is -0.383 e. The topological polar surface area (TPSA) is 44.1 Å². The summed E-state index contributed by atoms with van der Waals surface area (Å²) in [7, 11) is 1.64. The van der Waals surface area contributed by atoms with Crippen LogP contribution in [-0.4, -0.2) is 34.8 Å². The van der Waals surface area contributed by atoms with Crippen molar-refractivity contribution in [3.05, 3.63) is 58.9 Å². The number of nitrogens with zero attached hydrogens (tertiary/aromatic N) is 2. The van der Waals surface area contributed by atoms with Gasteiger partial charge in [-0.2, -0.15) is 0 Å². The lowest BCUT2D eigenvalue weighted by atomic mass is 10.1. The number of methoxy groups -OCH3 is 1. The number of halogens is 2. The predicted octanol–water partition coefficient (Wildman–Crippen LogP) is 4.45. The van der Waals surface area contributed by atoms with Crippen LogP contribution in [0.5, 0.6) is 0 Å². The molecule has 0 bridgehead atoms. The second-order valence-electron chi connectivity index (χ2n) is 5.39. The number of rotatable bonds is 7. The van der Waals surface area contributed by atoms with Gasteiger partial charge in [0.05, 0.1) is 23.4 Å². The van der Waals surface area contributed by atoms with E-state index >= 15 is 0 Å². The van der Waals surface area contributed by atoms with Gasteiger partial charge in [0.15, 0.2) is 10.9 Å². The maximum atomic E-state index is 13.0. The molecule has 0 aliphatic carbocycles. The molecule has 0 N–H and O–H groups in total. The number of ketones is 1. The van der Waals surface area contributed by atoms with Crippen LogP contribution >= 0.6 is 23.4 Å². The summed E-state index contributed by atoms with van der Waals surface area (Å²) in [6.07, 6.45) is 0. The number of hydrogen-bond donors (Lipinski definition) is 0. The van der Waals surface area contributed by atoms with Gasteiger partial charge in [-0.05, 0) is 42.5 Å².